The molecule has 0 radical (unpaired) electrons. The number of nitrogens with one attached hydrogen (secondary N) is 2. The van der Waals surface area contributed by atoms with Gasteiger partial charge in [0.15, 0.2) is 6.29 Å². The van der Waals surface area contributed by atoms with Gasteiger partial charge < -0.3 is 24.3 Å². The normalized spacial score (nSPS) is 16.5. The molecule has 0 spiro atoms. The van der Waals surface area contributed by atoms with E-state index >= 15 is 0 Å². The average molecular weight is 575 g/mol. The number of rotatable bonds is 10. The molecule has 0 saturated carbocycles. The molecular formula is C32H34N2O8. The van der Waals surface area contributed by atoms with Gasteiger partial charge in [0.2, 0.25) is 0 Å². The third-order valence-electron chi connectivity index (χ3n) is 7.49. The third-order valence-corrected chi connectivity index (χ3v) is 7.49. The summed E-state index contributed by atoms with van der Waals surface area (Å²) in [6, 6.07) is 19.9. The molecule has 0 aromatic heterocycles. The molecule has 1 saturated heterocycles. The molecule has 1 aliphatic carbocycles. The van der Waals surface area contributed by atoms with Gasteiger partial charge in [-0.15, -0.1) is 0 Å². The minimum atomic E-state index is -1.03. The van der Waals surface area contributed by atoms with Crippen LogP contribution in [0.15, 0.2) is 66.7 Å². The quantitative estimate of drug-likeness (QED) is 0.268. The summed E-state index contributed by atoms with van der Waals surface area (Å²) in [5, 5.41) is 2.63. The van der Waals surface area contributed by atoms with Crippen LogP contribution in [-0.2, 0) is 30.3 Å². The Morgan fingerprint density at radius 2 is 1.67 bits per heavy atom. The predicted molar refractivity (Wildman–Crippen MR) is 153 cm³/mol. The van der Waals surface area contributed by atoms with Crippen LogP contribution in [0, 0.1) is 0 Å². The molecule has 3 aromatic carbocycles. The Hall–Kier alpha value is -4.41. The van der Waals surface area contributed by atoms with E-state index in [1.807, 2.05) is 36.4 Å². The van der Waals surface area contributed by atoms with Crippen LogP contribution in [-0.4, -0.2) is 57.7 Å². The topological polar surface area (TPSA) is 121 Å². The summed E-state index contributed by atoms with van der Waals surface area (Å²) in [5.74, 6) is -0.960. The zero-order valence-electron chi connectivity index (χ0n) is 23.6. The van der Waals surface area contributed by atoms with Gasteiger partial charge in [-0.25, -0.2) is 19.9 Å². The van der Waals surface area contributed by atoms with Crippen LogP contribution in [0.3, 0.4) is 0 Å². The van der Waals surface area contributed by atoms with Crippen LogP contribution >= 0.6 is 0 Å². The number of amides is 2. The lowest BCUT2D eigenvalue weighted by Gasteiger charge is -2.22. The predicted octanol–water partition coefficient (Wildman–Crippen LogP) is 4.51. The summed E-state index contributed by atoms with van der Waals surface area (Å²) >= 11 is 0. The number of esters is 1. The van der Waals surface area contributed by atoms with Gasteiger partial charge in [-0.2, -0.15) is 0 Å². The lowest BCUT2D eigenvalue weighted by molar-refractivity contribution is -0.186. The van der Waals surface area contributed by atoms with E-state index in [2.05, 4.69) is 22.9 Å². The van der Waals surface area contributed by atoms with Gasteiger partial charge in [-0.3, -0.25) is 4.79 Å². The fourth-order valence-electron chi connectivity index (χ4n) is 5.38. The highest BCUT2D eigenvalue weighted by Crippen LogP contribution is 2.44. The lowest BCUT2D eigenvalue weighted by atomic mass is 9.98. The SMILES string of the molecule is COC(=O)[C@H](Cc1ccc(C(=O)NOC2CCCCO2)c(OC)c1)NC(=O)OCC1c2ccccc2-c2ccccc21. The Kier molecular flexibility index (Phi) is 9.35. The fourth-order valence-corrected chi connectivity index (χ4v) is 5.38. The van der Waals surface area contributed by atoms with E-state index in [9.17, 15) is 14.4 Å². The number of alkyl carbamates (subject to hydrolysis) is 1. The maximum absolute atomic E-state index is 12.9. The molecule has 1 aliphatic heterocycles. The molecule has 0 bridgehead atoms. The van der Waals surface area contributed by atoms with Gasteiger partial charge in [-0.1, -0.05) is 54.6 Å². The first-order valence-electron chi connectivity index (χ1n) is 13.9. The second kappa shape index (κ2) is 13.5. The van der Waals surface area contributed by atoms with Gasteiger partial charge in [-0.05, 0) is 52.8 Å². The van der Waals surface area contributed by atoms with Crippen molar-refractivity contribution in [3.8, 4) is 16.9 Å². The van der Waals surface area contributed by atoms with E-state index in [1.54, 1.807) is 18.2 Å². The zero-order chi connectivity index (χ0) is 29.5. The summed E-state index contributed by atoms with van der Waals surface area (Å²) in [6.45, 7) is 0.698. The molecule has 10 nitrogen and oxygen atoms in total. The highest BCUT2D eigenvalue weighted by Gasteiger charge is 2.30. The lowest BCUT2D eigenvalue weighted by Crippen LogP contribution is -2.43. The van der Waals surface area contributed by atoms with Crippen molar-refractivity contribution in [3.63, 3.8) is 0 Å². The smallest absolute Gasteiger partial charge is 0.407 e. The molecule has 1 heterocycles. The second-order valence-corrected chi connectivity index (χ2v) is 10.1. The number of methoxy groups -OCH3 is 2. The maximum atomic E-state index is 12.9. The van der Waals surface area contributed by atoms with Crippen molar-refractivity contribution >= 4 is 18.0 Å². The van der Waals surface area contributed by atoms with Crippen molar-refractivity contribution in [2.24, 2.45) is 0 Å². The Bertz CT molecular complexity index is 1390. The van der Waals surface area contributed by atoms with Crippen molar-refractivity contribution in [1.82, 2.24) is 10.8 Å². The number of ether oxygens (including phenoxy) is 4. The molecule has 2 amide bonds. The number of hydrogen-bond donors (Lipinski definition) is 2. The number of hydrogen-bond acceptors (Lipinski definition) is 8. The second-order valence-electron chi connectivity index (χ2n) is 10.1. The Balaban J connectivity index is 1.21. The minimum Gasteiger partial charge on any atom is -0.496 e. The molecule has 1 fully saturated rings. The summed E-state index contributed by atoms with van der Waals surface area (Å²) in [7, 11) is 2.69. The van der Waals surface area contributed by atoms with Gasteiger partial charge in [0, 0.05) is 25.4 Å². The molecule has 42 heavy (non-hydrogen) atoms. The van der Waals surface area contributed by atoms with Gasteiger partial charge in [0.25, 0.3) is 5.91 Å². The van der Waals surface area contributed by atoms with Gasteiger partial charge in [0.1, 0.15) is 18.4 Å². The first-order valence-corrected chi connectivity index (χ1v) is 13.9. The van der Waals surface area contributed by atoms with Crippen LogP contribution < -0.4 is 15.5 Å². The third kappa shape index (κ3) is 6.56. The summed E-state index contributed by atoms with van der Waals surface area (Å²) in [4.78, 5) is 43.6. The van der Waals surface area contributed by atoms with Crippen molar-refractivity contribution in [1.29, 1.82) is 0 Å². The maximum Gasteiger partial charge on any atom is 0.407 e. The van der Waals surface area contributed by atoms with Crippen molar-refractivity contribution < 1.29 is 38.2 Å². The molecule has 3 aromatic rings. The first kappa shape index (κ1) is 29.1. The van der Waals surface area contributed by atoms with Crippen LogP contribution in [0.4, 0.5) is 4.79 Å². The van der Waals surface area contributed by atoms with Crippen molar-refractivity contribution in [2.45, 2.75) is 43.9 Å². The van der Waals surface area contributed by atoms with Gasteiger partial charge in [0.05, 0.1) is 19.8 Å². The Labute approximate surface area is 244 Å². The standard InChI is InChI=1S/C32H34N2O8/c1-38-28-18-20(14-15-25(28)30(35)34-42-29-13-7-8-16-40-29)17-27(31(36)39-2)33-32(37)41-19-26-23-11-5-3-9-21(23)22-10-4-6-12-24(22)26/h3-6,9-12,14-15,18,26-27,29H,7-8,13,16-17,19H2,1-2H3,(H,33,37)(H,34,35)/t27-,29?/m0/s1. The monoisotopic (exact) mass is 574 g/mol. The molecule has 5 rings (SSSR count). The van der Waals surface area contributed by atoms with E-state index in [4.69, 9.17) is 23.8 Å². The van der Waals surface area contributed by atoms with E-state index in [0.717, 1.165) is 35.1 Å². The van der Waals surface area contributed by atoms with Crippen molar-refractivity contribution in [2.75, 3.05) is 27.4 Å². The molecule has 1 unspecified atom stereocenters. The van der Waals surface area contributed by atoms with Crippen molar-refractivity contribution in [3.05, 3.63) is 89.0 Å². The number of benzene rings is 3. The highest BCUT2D eigenvalue weighted by atomic mass is 16.8. The number of hydroxylamine groups is 1. The molecule has 220 valence electrons. The summed E-state index contributed by atoms with van der Waals surface area (Å²) in [6.07, 6.45) is 1.48. The Morgan fingerprint density at radius 1 is 0.952 bits per heavy atom. The van der Waals surface area contributed by atoms with E-state index in [0.29, 0.717) is 18.6 Å². The summed E-state index contributed by atoms with van der Waals surface area (Å²) in [5.41, 5.74) is 7.71. The van der Waals surface area contributed by atoms with Gasteiger partial charge >= 0.3 is 12.1 Å². The van der Waals surface area contributed by atoms with E-state index in [-0.39, 0.29) is 30.3 Å². The highest BCUT2D eigenvalue weighted by molar-refractivity contribution is 5.96. The molecule has 2 N–H and O–H groups in total. The molecule has 2 aliphatic rings. The zero-order valence-corrected chi connectivity index (χ0v) is 23.6. The van der Waals surface area contributed by atoms with E-state index < -0.39 is 30.3 Å². The first-order chi connectivity index (χ1) is 20.5. The number of carbonyl (C=O) groups excluding carboxylic acids is 3. The molecule has 2 atom stereocenters. The molecule has 10 heteroatoms. The molecular weight excluding hydrogens is 540 g/mol. The van der Waals surface area contributed by atoms with Crippen LogP contribution in [0.5, 0.6) is 5.75 Å². The van der Waals surface area contributed by atoms with Crippen LogP contribution in [0.2, 0.25) is 0 Å². The number of fused-ring (bicyclic) bond motifs is 3. The summed E-state index contributed by atoms with van der Waals surface area (Å²) < 4.78 is 21.4. The van der Waals surface area contributed by atoms with E-state index in [1.165, 1.54) is 14.2 Å². The Morgan fingerprint density at radius 3 is 2.31 bits per heavy atom. The fraction of sp³-hybridized carbons (Fsp3) is 0.344. The largest absolute Gasteiger partial charge is 0.496 e. The number of carbonyl (C=O) groups is 3. The van der Waals surface area contributed by atoms with Crippen LogP contribution in [0.25, 0.3) is 11.1 Å². The average Bonchev–Trinajstić information content (AvgIpc) is 3.35. The minimum absolute atomic E-state index is 0.0849. The van der Waals surface area contributed by atoms with Crippen LogP contribution in [0.1, 0.15) is 52.2 Å².